The summed E-state index contributed by atoms with van der Waals surface area (Å²) in [6.45, 7) is 3.41. The van der Waals surface area contributed by atoms with Crippen LogP contribution in [0.4, 0.5) is 14.5 Å². The molecular formula is C26H25F2N5O4S. The fraction of sp³-hybridized carbons (Fsp3) is 0.308. The predicted octanol–water partition coefficient (Wildman–Crippen LogP) is 3.91. The van der Waals surface area contributed by atoms with Gasteiger partial charge in [0.1, 0.15) is 24.0 Å². The van der Waals surface area contributed by atoms with Crippen molar-refractivity contribution in [2.75, 3.05) is 37.8 Å². The van der Waals surface area contributed by atoms with Crippen LogP contribution in [0, 0.1) is 11.6 Å². The Hall–Kier alpha value is -3.61. The fourth-order valence-corrected chi connectivity index (χ4v) is 5.77. The smallest absolute Gasteiger partial charge is 0.235 e. The van der Waals surface area contributed by atoms with Crippen LogP contribution in [-0.4, -0.2) is 66.2 Å². The molecule has 1 N–H and O–H groups in total. The van der Waals surface area contributed by atoms with Gasteiger partial charge in [0.25, 0.3) is 0 Å². The van der Waals surface area contributed by atoms with Crippen LogP contribution in [0.5, 0.6) is 5.75 Å². The number of pyridine rings is 2. The van der Waals surface area contributed by atoms with Gasteiger partial charge >= 0.3 is 0 Å². The normalized spacial score (nSPS) is 16.6. The number of morpholine rings is 1. The molecule has 0 spiro atoms. The number of ether oxygens (including phenoxy) is 2. The van der Waals surface area contributed by atoms with E-state index >= 15 is 0 Å². The number of sulfonamides is 1. The van der Waals surface area contributed by atoms with Crippen LogP contribution in [0.25, 0.3) is 27.9 Å². The van der Waals surface area contributed by atoms with Gasteiger partial charge in [0.15, 0.2) is 5.82 Å². The van der Waals surface area contributed by atoms with Gasteiger partial charge in [-0.05, 0) is 48.7 Å². The highest BCUT2D eigenvalue weighted by Gasteiger charge is 2.36. The summed E-state index contributed by atoms with van der Waals surface area (Å²) in [6.07, 6.45) is 5.53. The number of fused-ring (bicyclic) bond motifs is 1. The van der Waals surface area contributed by atoms with Crippen LogP contribution in [0.15, 0.2) is 55.0 Å². The molecule has 2 fully saturated rings. The summed E-state index contributed by atoms with van der Waals surface area (Å²) in [5.41, 5.74) is 2.51. The number of nitrogens with one attached hydrogen (secondary N) is 1. The Kier molecular flexibility index (Phi) is 6.46. The van der Waals surface area contributed by atoms with Crippen molar-refractivity contribution in [3.8, 4) is 28.1 Å². The molecule has 3 aromatic heterocycles. The summed E-state index contributed by atoms with van der Waals surface area (Å²) in [6, 6.07) is 9.28. The zero-order chi connectivity index (χ0) is 26.3. The van der Waals surface area contributed by atoms with Gasteiger partial charge in [-0.15, -0.1) is 0 Å². The van der Waals surface area contributed by atoms with Gasteiger partial charge in [0, 0.05) is 36.0 Å². The molecule has 1 aliphatic heterocycles. The maximum Gasteiger partial charge on any atom is 0.235 e. The van der Waals surface area contributed by atoms with E-state index < -0.39 is 26.9 Å². The fourth-order valence-electron chi connectivity index (χ4n) is 4.40. The highest BCUT2D eigenvalue weighted by atomic mass is 32.2. The van der Waals surface area contributed by atoms with Gasteiger partial charge in [0.2, 0.25) is 10.0 Å². The minimum atomic E-state index is -3.58. The van der Waals surface area contributed by atoms with E-state index in [1.54, 1.807) is 29.0 Å². The summed E-state index contributed by atoms with van der Waals surface area (Å²) in [5, 5.41) is 4.01. The third-order valence-corrected chi connectivity index (χ3v) is 8.42. The maximum absolute atomic E-state index is 14.6. The number of nitrogens with zero attached hydrogens (tertiary/aromatic N) is 4. The van der Waals surface area contributed by atoms with Crippen LogP contribution in [-0.2, 0) is 14.8 Å². The molecule has 2 aliphatic rings. The van der Waals surface area contributed by atoms with E-state index in [-0.39, 0.29) is 11.4 Å². The van der Waals surface area contributed by atoms with E-state index in [2.05, 4.69) is 19.7 Å². The van der Waals surface area contributed by atoms with Crippen molar-refractivity contribution in [1.29, 1.82) is 0 Å². The van der Waals surface area contributed by atoms with Gasteiger partial charge in [-0.2, -0.15) is 5.10 Å². The average Bonchev–Trinajstić information content (AvgIpc) is 3.68. The molecule has 12 heteroatoms. The zero-order valence-electron chi connectivity index (χ0n) is 20.3. The Morgan fingerprint density at radius 3 is 2.61 bits per heavy atom. The maximum atomic E-state index is 14.6. The molecule has 0 amide bonds. The van der Waals surface area contributed by atoms with Crippen molar-refractivity contribution in [2.45, 2.75) is 18.1 Å². The minimum Gasteiger partial charge on any atom is -0.477 e. The lowest BCUT2D eigenvalue weighted by molar-refractivity contribution is 0.00396. The molecule has 1 aromatic carbocycles. The number of anilines is 1. The first-order chi connectivity index (χ1) is 18.4. The van der Waals surface area contributed by atoms with Crippen LogP contribution in [0.3, 0.4) is 0 Å². The third kappa shape index (κ3) is 5.19. The van der Waals surface area contributed by atoms with Gasteiger partial charge in [-0.3, -0.25) is 14.6 Å². The highest BCUT2D eigenvalue weighted by Crippen LogP contribution is 2.35. The number of hydrogen-bond donors (Lipinski definition) is 1. The molecule has 1 aliphatic carbocycles. The molecule has 9 nitrogen and oxygen atoms in total. The van der Waals surface area contributed by atoms with E-state index in [1.165, 1.54) is 6.07 Å². The SMILES string of the molecule is O=S(=O)(Nc1cc(-c2ncc(F)cc2F)cc(-c2cnn3cc(OCN4CCOCC4)ccc23)c1)C1CC1. The first kappa shape index (κ1) is 24.7. The van der Waals surface area contributed by atoms with E-state index in [4.69, 9.17) is 9.47 Å². The second-order valence-corrected chi connectivity index (χ2v) is 11.3. The van der Waals surface area contributed by atoms with Crippen molar-refractivity contribution in [3.63, 3.8) is 0 Å². The monoisotopic (exact) mass is 541 g/mol. The molecular weight excluding hydrogens is 516 g/mol. The first-order valence-corrected chi connectivity index (χ1v) is 13.8. The van der Waals surface area contributed by atoms with Crippen LogP contribution < -0.4 is 9.46 Å². The van der Waals surface area contributed by atoms with Crippen molar-refractivity contribution in [1.82, 2.24) is 19.5 Å². The van der Waals surface area contributed by atoms with Crippen molar-refractivity contribution in [3.05, 3.63) is 66.6 Å². The highest BCUT2D eigenvalue weighted by molar-refractivity contribution is 7.93. The van der Waals surface area contributed by atoms with E-state index in [9.17, 15) is 17.2 Å². The topological polar surface area (TPSA) is 98.1 Å². The number of benzene rings is 1. The summed E-state index contributed by atoms with van der Waals surface area (Å²) in [4.78, 5) is 6.07. The van der Waals surface area contributed by atoms with Crippen molar-refractivity contribution < 1.29 is 26.7 Å². The molecule has 0 radical (unpaired) electrons. The molecule has 0 atom stereocenters. The Labute approximate surface area is 218 Å². The lowest BCUT2D eigenvalue weighted by atomic mass is 10.0. The van der Waals surface area contributed by atoms with Gasteiger partial charge < -0.3 is 9.47 Å². The number of hydrogen-bond acceptors (Lipinski definition) is 7. The summed E-state index contributed by atoms with van der Waals surface area (Å²) < 4.78 is 69.0. The Bertz CT molecular complexity index is 1600. The molecule has 0 unspecified atom stereocenters. The van der Waals surface area contributed by atoms with E-state index in [0.29, 0.717) is 55.2 Å². The second-order valence-electron chi connectivity index (χ2n) is 9.39. The van der Waals surface area contributed by atoms with Crippen LogP contribution in [0.2, 0.25) is 0 Å². The number of rotatable bonds is 8. The quantitative estimate of drug-likeness (QED) is 0.361. The van der Waals surface area contributed by atoms with Gasteiger partial charge in [0.05, 0.1) is 42.6 Å². The van der Waals surface area contributed by atoms with E-state index in [1.807, 2.05) is 12.1 Å². The lowest BCUT2D eigenvalue weighted by Gasteiger charge is -2.26. The molecule has 0 bridgehead atoms. The molecule has 198 valence electrons. The Morgan fingerprint density at radius 2 is 1.84 bits per heavy atom. The number of halogens is 2. The molecule has 4 heterocycles. The molecule has 1 saturated heterocycles. The zero-order valence-corrected chi connectivity index (χ0v) is 21.1. The largest absolute Gasteiger partial charge is 0.477 e. The van der Waals surface area contributed by atoms with Crippen LogP contribution >= 0.6 is 0 Å². The van der Waals surface area contributed by atoms with Gasteiger partial charge in [-0.25, -0.2) is 21.7 Å². The van der Waals surface area contributed by atoms with E-state index in [0.717, 1.165) is 30.9 Å². The Balaban J connectivity index is 1.35. The van der Waals surface area contributed by atoms with Gasteiger partial charge in [-0.1, -0.05) is 0 Å². The van der Waals surface area contributed by atoms with Crippen molar-refractivity contribution in [2.24, 2.45) is 0 Å². The lowest BCUT2D eigenvalue weighted by Crippen LogP contribution is -2.38. The summed E-state index contributed by atoms with van der Waals surface area (Å²) in [5.74, 6) is -1.01. The standard InChI is InChI=1S/C26H25F2N5O4S/c27-19-12-24(28)26(29-13-19)18-9-17(10-20(11-18)31-38(34,35)22-2-3-22)23-14-30-33-15-21(1-4-25(23)33)37-16-32-5-7-36-8-6-32/h1,4,9-15,22,31H,2-3,5-8,16H2. The van der Waals surface area contributed by atoms with Crippen molar-refractivity contribution >= 4 is 21.2 Å². The third-order valence-electron chi connectivity index (χ3n) is 6.56. The summed E-state index contributed by atoms with van der Waals surface area (Å²) in [7, 11) is -3.58. The average molecular weight is 542 g/mol. The minimum absolute atomic E-state index is 0.0876. The summed E-state index contributed by atoms with van der Waals surface area (Å²) >= 11 is 0. The second kappa shape index (κ2) is 9.93. The number of aromatic nitrogens is 3. The van der Waals surface area contributed by atoms with Crippen LogP contribution in [0.1, 0.15) is 12.8 Å². The molecule has 38 heavy (non-hydrogen) atoms. The molecule has 4 aromatic rings. The predicted molar refractivity (Wildman–Crippen MR) is 137 cm³/mol. The Morgan fingerprint density at radius 1 is 1.05 bits per heavy atom. The molecule has 6 rings (SSSR count). The molecule has 1 saturated carbocycles. The first-order valence-electron chi connectivity index (χ1n) is 12.2.